The summed E-state index contributed by atoms with van der Waals surface area (Å²) in [6.45, 7) is 1.21. The van der Waals surface area contributed by atoms with Gasteiger partial charge in [-0.15, -0.1) is 4.73 Å². The molecular formula is C13H12Cl2N2O4S. The Hall–Kier alpha value is -1.41. The highest BCUT2D eigenvalue weighted by Gasteiger charge is 2.15. The van der Waals surface area contributed by atoms with Crippen molar-refractivity contribution in [3.63, 3.8) is 0 Å². The Bertz CT molecular complexity index is 783. The molecule has 0 bridgehead atoms. The van der Waals surface area contributed by atoms with Gasteiger partial charge in [0.05, 0.1) is 6.61 Å². The van der Waals surface area contributed by atoms with Gasteiger partial charge in [-0.1, -0.05) is 35.0 Å². The average molecular weight is 363 g/mol. The Morgan fingerprint density at radius 3 is 2.50 bits per heavy atom. The molecule has 6 nitrogen and oxygen atoms in total. The molecule has 0 radical (unpaired) electrons. The van der Waals surface area contributed by atoms with E-state index in [1.807, 2.05) is 0 Å². The molecule has 0 amide bonds. The molecule has 0 aliphatic heterocycles. The van der Waals surface area contributed by atoms with Crippen molar-refractivity contribution in [1.29, 1.82) is 0 Å². The fourth-order valence-corrected chi connectivity index (χ4v) is 3.36. The second-order valence-electron chi connectivity index (χ2n) is 4.25. The highest BCUT2D eigenvalue weighted by atomic mass is 35.5. The van der Waals surface area contributed by atoms with E-state index >= 15 is 0 Å². The third-order valence-corrected chi connectivity index (χ3v) is 4.19. The zero-order chi connectivity index (χ0) is 16.3. The lowest BCUT2D eigenvalue weighted by Gasteiger charge is -2.14. The van der Waals surface area contributed by atoms with E-state index in [0.29, 0.717) is 25.5 Å². The van der Waals surface area contributed by atoms with Crippen molar-refractivity contribution in [2.45, 2.75) is 16.8 Å². The lowest BCUT2D eigenvalue weighted by atomic mass is 10.4. The highest BCUT2D eigenvalue weighted by Crippen LogP contribution is 2.32. The molecule has 0 saturated carbocycles. The number of halogens is 2. The number of aromatic amines is 1. The topological polar surface area (TPSA) is 84.3 Å². The summed E-state index contributed by atoms with van der Waals surface area (Å²) >= 11 is 13.0. The van der Waals surface area contributed by atoms with Gasteiger partial charge in [0.15, 0.2) is 0 Å². The molecule has 0 fully saturated rings. The summed E-state index contributed by atoms with van der Waals surface area (Å²) in [5.41, 5.74) is -0.928. The average Bonchev–Trinajstić information content (AvgIpc) is 2.43. The number of hydrogen-bond acceptors (Lipinski definition) is 5. The van der Waals surface area contributed by atoms with Crippen LogP contribution in [0, 0.1) is 6.92 Å². The van der Waals surface area contributed by atoms with Crippen LogP contribution in [0.4, 0.5) is 0 Å². The first-order chi connectivity index (χ1) is 10.4. The maximum atomic E-state index is 11.9. The van der Waals surface area contributed by atoms with Crippen molar-refractivity contribution in [2.24, 2.45) is 0 Å². The van der Waals surface area contributed by atoms with E-state index in [4.69, 9.17) is 33.1 Å². The number of aliphatic hydroxyl groups is 1. The zero-order valence-electron chi connectivity index (χ0n) is 11.4. The fraction of sp³-hybridized carbons (Fsp3) is 0.231. The Balaban J connectivity index is 2.52. The van der Waals surface area contributed by atoms with E-state index in [2.05, 4.69) is 4.98 Å². The summed E-state index contributed by atoms with van der Waals surface area (Å²) in [6, 6.07) is 4.88. The van der Waals surface area contributed by atoms with Gasteiger partial charge in [-0.05, 0) is 25.1 Å². The molecule has 0 unspecified atom stereocenters. The maximum Gasteiger partial charge on any atom is 0.362 e. The van der Waals surface area contributed by atoms with Crippen LogP contribution in [0.15, 0.2) is 37.7 Å². The monoisotopic (exact) mass is 362 g/mol. The summed E-state index contributed by atoms with van der Waals surface area (Å²) < 4.78 is 0.937. The zero-order valence-corrected chi connectivity index (χ0v) is 13.8. The third-order valence-electron chi connectivity index (χ3n) is 2.61. The van der Waals surface area contributed by atoms with Crippen LogP contribution in [0.25, 0.3) is 0 Å². The maximum absolute atomic E-state index is 11.9. The van der Waals surface area contributed by atoms with E-state index in [9.17, 15) is 9.59 Å². The number of H-pyrrole nitrogens is 1. The van der Waals surface area contributed by atoms with Gasteiger partial charge < -0.3 is 9.94 Å². The van der Waals surface area contributed by atoms with Crippen molar-refractivity contribution in [3.8, 4) is 0 Å². The number of aliphatic hydroxyl groups excluding tert-OH is 1. The van der Waals surface area contributed by atoms with Gasteiger partial charge >= 0.3 is 5.69 Å². The second kappa shape index (κ2) is 7.23. The van der Waals surface area contributed by atoms with E-state index in [0.717, 1.165) is 16.5 Å². The summed E-state index contributed by atoms with van der Waals surface area (Å²) in [5, 5.41) is 10.00. The van der Waals surface area contributed by atoms with E-state index in [-0.39, 0.29) is 13.2 Å². The Labute approximate surface area is 139 Å². The van der Waals surface area contributed by atoms with Crippen LogP contribution in [0.3, 0.4) is 0 Å². The third kappa shape index (κ3) is 3.86. The summed E-state index contributed by atoms with van der Waals surface area (Å²) in [6.07, 6.45) is 0. The highest BCUT2D eigenvalue weighted by molar-refractivity contribution is 7.99. The molecule has 0 aliphatic rings. The van der Waals surface area contributed by atoms with Crippen LogP contribution < -0.4 is 16.1 Å². The molecule has 118 valence electrons. The van der Waals surface area contributed by atoms with Gasteiger partial charge in [0.1, 0.15) is 11.6 Å². The normalized spacial score (nSPS) is 10.7. The first-order valence-electron chi connectivity index (χ1n) is 6.16. The Morgan fingerprint density at radius 1 is 1.27 bits per heavy atom. The molecule has 0 saturated heterocycles. The van der Waals surface area contributed by atoms with E-state index in [1.54, 1.807) is 25.1 Å². The van der Waals surface area contributed by atoms with E-state index in [1.165, 1.54) is 0 Å². The summed E-state index contributed by atoms with van der Waals surface area (Å²) in [4.78, 5) is 31.6. The molecule has 1 aromatic heterocycles. The molecule has 9 heteroatoms. The van der Waals surface area contributed by atoms with Gasteiger partial charge in [-0.25, -0.2) is 4.79 Å². The minimum atomic E-state index is -0.723. The van der Waals surface area contributed by atoms with Gasteiger partial charge in [0.2, 0.25) is 0 Å². The number of nitrogens with zero attached hydrogens (tertiary/aromatic N) is 1. The predicted octanol–water partition coefficient (Wildman–Crippen LogP) is 1.72. The lowest BCUT2D eigenvalue weighted by Crippen LogP contribution is -2.37. The summed E-state index contributed by atoms with van der Waals surface area (Å²) in [7, 11) is 0. The number of benzene rings is 1. The molecule has 0 spiro atoms. The molecule has 1 heterocycles. The van der Waals surface area contributed by atoms with Crippen LogP contribution in [0.1, 0.15) is 5.56 Å². The van der Waals surface area contributed by atoms with Gasteiger partial charge in [0, 0.05) is 20.5 Å². The molecular weight excluding hydrogens is 351 g/mol. The molecule has 0 atom stereocenters. The molecule has 22 heavy (non-hydrogen) atoms. The van der Waals surface area contributed by atoms with Crippen LogP contribution in [0.5, 0.6) is 0 Å². The minimum Gasteiger partial charge on any atom is -0.406 e. The minimum absolute atomic E-state index is 0.0880. The number of hydrogen-bond donors (Lipinski definition) is 2. The standard InChI is InChI=1S/C13H12Cl2N2O4S/c1-7-11(19)16-13(20)17(21-3-2-18)12(7)22-10-5-8(14)4-9(15)6-10/h4-6,18H,2-3H2,1H3,(H,16,19,20). The van der Waals surface area contributed by atoms with Crippen LogP contribution in [0.2, 0.25) is 10.0 Å². The second-order valence-corrected chi connectivity index (χ2v) is 6.18. The number of rotatable bonds is 5. The molecule has 1 aromatic carbocycles. The van der Waals surface area contributed by atoms with Crippen molar-refractivity contribution < 1.29 is 9.94 Å². The first-order valence-corrected chi connectivity index (χ1v) is 7.73. The summed E-state index contributed by atoms with van der Waals surface area (Å²) in [5.74, 6) is 0. The van der Waals surface area contributed by atoms with Crippen molar-refractivity contribution in [2.75, 3.05) is 13.2 Å². The Morgan fingerprint density at radius 2 is 1.91 bits per heavy atom. The first kappa shape index (κ1) is 17.0. The van der Waals surface area contributed by atoms with E-state index < -0.39 is 11.2 Å². The van der Waals surface area contributed by atoms with Crippen LogP contribution in [-0.2, 0) is 0 Å². The molecule has 2 N–H and O–H groups in total. The van der Waals surface area contributed by atoms with Gasteiger partial charge in [-0.3, -0.25) is 9.78 Å². The molecule has 2 rings (SSSR count). The fourth-order valence-electron chi connectivity index (χ4n) is 1.65. The Kier molecular flexibility index (Phi) is 5.57. The smallest absolute Gasteiger partial charge is 0.362 e. The van der Waals surface area contributed by atoms with Gasteiger partial charge in [0.25, 0.3) is 5.56 Å². The predicted molar refractivity (Wildman–Crippen MR) is 85.2 cm³/mol. The van der Waals surface area contributed by atoms with Crippen molar-refractivity contribution in [1.82, 2.24) is 9.71 Å². The number of nitrogens with one attached hydrogen (secondary N) is 1. The van der Waals surface area contributed by atoms with Crippen molar-refractivity contribution >= 4 is 35.0 Å². The molecule has 2 aromatic rings. The SMILES string of the molecule is Cc1c(Sc2cc(Cl)cc(Cl)c2)n(OCCO)c(=O)[nH]c1=O. The lowest BCUT2D eigenvalue weighted by molar-refractivity contribution is 0.0513. The van der Waals surface area contributed by atoms with Crippen LogP contribution in [-0.4, -0.2) is 28.0 Å². The number of aromatic nitrogens is 2. The van der Waals surface area contributed by atoms with Crippen molar-refractivity contribution in [3.05, 3.63) is 54.6 Å². The quantitative estimate of drug-likeness (QED) is 0.791. The van der Waals surface area contributed by atoms with Crippen LogP contribution >= 0.6 is 35.0 Å². The largest absolute Gasteiger partial charge is 0.406 e. The van der Waals surface area contributed by atoms with Gasteiger partial charge in [-0.2, -0.15) is 0 Å². The molecule has 0 aliphatic carbocycles.